The summed E-state index contributed by atoms with van der Waals surface area (Å²) in [6, 6.07) is 28.4. The van der Waals surface area contributed by atoms with Gasteiger partial charge < -0.3 is 29.8 Å². The van der Waals surface area contributed by atoms with E-state index in [0.717, 1.165) is 31.9 Å². The number of nitrogens with one attached hydrogen (secondary N) is 1. The quantitative estimate of drug-likeness (QED) is 0.0973. The number of ether oxygens (including phenoxy) is 3. The van der Waals surface area contributed by atoms with Crippen molar-refractivity contribution in [3.05, 3.63) is 136 Å². The number of aliphatic hydroxyl groups is 1. The van der Waals surface area contributed by atoms with Gasteiger partial charge in [0.15, 0.2) is 12.5 Å². The molecule has 3 amide bonds. The Labute approximate surface area is 288 Å². The second kappa shape index (κ2) is 15.6. The Bertz CT molecular complexity index is 1760. The van der Waals surface area contributed by atoms with Crippen molar-refractivity contribution in [3.8, 4) is 0 Å². The summed E-state index contributed by atoms with van der Waals surface area (Å²) in [4.78, 5) is 39.3. The highest BCUT2D eigenvalue weighted by atomic mass is 32.2. The number of hydrogen-bond acceptors (Lipinski definition) is 9. The van der Waals surface area contributed by atoms with E-state index in [1.165, 1.54) is 18.0 Å². The van der Waals surface area contributed by atoms with Crippen LogP contribution in [-0.4, -0.2) is 45.8 Å². The van der Waals surface area contributed by atoms with E-state index in [-0.39, 0.29) is 50.2 Å². The largest absolute Gasteiger partial charge is 0.618 e. The SMILES string of the molecule is CC1C(CSc2cccc[n+]2[O-])OC(c2ccc(CN3C(=O)CC(NC(=O)OCc4ccccc4)C3=O)cc2)OC1c1ccc(CO)cc1. The zero-order valence-corrected chi connectivity index (χ0v) is 27.7. The average Bonchev–Trinajstić information content (AvgIpc) is 3.38. The highest BCUT2D eigenvalue weighted by Crippen LogP contribution is 2.43. The lowest BCUT2D eigenvalue weighted by molar-refractivity contribution is -0.645. The Kier molecular flexibility index (Phi) is 10.9. The van der Waals surface area contributed by atoms with E-state index in [2.05, 4.69) is 12.2 Å². The van der Waals surface area contributed by atoms with Crippen LogP contribution in [0.4, 0.5) is 4.79 Å². The molecule has 0 radical (unpaired) electrons. The first-order chi connectivity index (χ1) is 23.8. The van der Waals surface area contributed by atoms with E-state index in [1.54, 1.807) is 12.1 Å². The maximum Gasteiger partial charge on any atom is 0.408 e. The Balaban J connectivity index is 1.11. The second-order valence-electron chi connectivity index (χ2n) is 12.0. The molecule has 5 unspecified atom stereocenters. The number of benzene rings is 3. The van der Waals surface area contributed by atoms with E-state index in [1.807, 2.05) is 84.9 Å². The molecule has 5 atom stereocenters. The lowest BCUT2D eigenvalue weighted by atomic mass is 9.91. The van der Waals surface area contributed by atoms with Crippen LogP contribution in [0.3, 0.4) is 0 Å². The standard InChI is InChI=1S/C37H37N3O8S/c1-24-31(23-49-33-9-5-6-18-40(33)45)47-36(48-34(24)28-14-12-26(21-41)13-15-28)29-16-10-25(11-17-29)20-39-32(42)19-30(35(39)43)38-37(44)46-22-27-7-3-2-4-8-27/h2-18,24,30-31,34,36,41H,19-23H2,1H3,(H,38,44). The molecule has 2 N–H and O–H groups in total. The fourth-order valence-corrected chi connectivity index (χ4v) is 6.91. The molecule has 2 aliphatic heterocycles. The molecule has 4 aromatic rings. The maximum atomic E-state index is 13.1. The van der Waals surface area contributed by atoms with Gasteiger partial charge in [-0.05, 0) is 28.3 Å². The molecule has 0 bridgehead atoms. The summed E-state index contributed by atoms with van der Waals surface area (Å²) >= 11 is 1.42. The molecular weight excluding hydrogens is 646 g/mol. The molecule has 11 nitrogen and oxygen atoms in total. The minimum absolute atomic E-state index is 0.0456. The monoisotopic (exact) mass is 683 g/mol. The van der Waals surface area contributed by atoms with Crippen LogP contribution in [0.1, 0.15) is 53.6 Å². The number of alkyl carbamates (subject to hydrolysis) is 1. The van der Waals surface area contributed by atoms with Gasteiger partial charge in [-0.3, -0.25) is 14.5 Å². The van der Waals surface area contributed by atoms with Gasteiger partial charge in [0.2, 0.25) is 5.91 Å². The number of carbonyl (C=O) groups is 3. The van der Waals surface area contributed by atoms with Crippen LogP contribution < -0.4 is 10.0 Å². The molecule has 49 heavy (non-hydrogen) atoms. The molecular formula is C37H37N3O8S. The summed E-state index contributed by atoms with van der Waals surface area (Å²) in [7, 11) is 0. The normalized spacial score (nSPS) is 22.2. The topological polar surface area (TPSA) is 141 Å². The lowest BCUT2D eigenvalue weighted by Crippen LogP contribution is -2.41. The van der Waals surface area contributed by atoms with Crippen molar-refractivity contribution in [3.63, 3.8) is 0 Å². The average molecular weight is 684 g/mol. The van der Waals surface area contributed by atoms with Gasteiger partial charge >= 0.3 is 6.09 Å². The van der Waals surface area contributed by atoms with Crippen molar-refractivity contribution >= 4 is 29.7 Å². The van der Waals surface area contributed by atoms with Crippen molar-refractivity contribution in [2.24, 2.45) is 5.92 Å². The van der Waals surface area contributed by atoms with Gasteiger partial charge in [-0.1, -0.05) is 97.5 Å². The fourth-order valence-electron chi connectivity index (χ4n) is 5.83. The molecule has 0 saturated carbocycles. The second-order valence-corrected chi connectivity index (χ2v) is 13.1. The first-order valence-corrected chi connectivity index (χ1v) is 17.0. The zero-order valence-electron chi connectivity index (χ0n) is 26.8. The molecule has 1 aromatic heterocycles. The third-order valence-corrected chi connectivity index (χ3v) is 9.76. The number of aromatic nitrogens is 1. The zero-order chi connectivity index (χ0) is 34.3. The van der Waals surface area contributed by atoms with Crippen molar-refractivity contribution in [2.45, 2.75) is 62.7 Å². The Hall–Kier alpha value is -4.75. The number of imide groups is 1. The van der Waals surface area contributed by atoms with Gasteiger partial charge in [-0.15, -0.1) is 0 Å². The van der Waals surface area contributed by atoms with E-state index >= 15 is 0 Å². The predicted octanol–water partition coefficient (Wildman–Crippen LogP) is 4.95. The fraction of sp³-hybridized carbons (Fsp3) is 0.297. The smallest absolute Gasteiger partial charge is 0.408 e. The van der Waals surface area contributed by atoms with Crippen LogP contribution in [-0.2, 0) is 43.6 Å². The van der Waals surface area contributed by atoms with Crippen LogP contribution in [0.2, 0.25) is 0 Å². The molecule has 2 fully saturated rings. The summed E-state index contributed by atoms with van der Waals surface area (Å²) in [6.45, 7) is 2.09. The maximum absolute atomic E-state index is 13.1. The van der Waals surface area contributed by atoms with E-state index < -0.39 is 24.3 Å². The molecule has 2 aliphatic rings. The van der Waals surface area contributed by atoms with Gasteiger partial charge in [0, 0.05) is 29.4 Å². The number of likely N-dealkylation sites (tertiary alicyclic amines) is 1. The van der Waals surface area contributed by atoms with E-state index in [9.17, 15) is 24.7 Å². The highest BCUT2D eigenvalue weighted by Gasteiger charge is 2.41. The molecule has 12 heteroatoms. The van der Waals surface area contributed by atoms with Gasteiger partial charge in [-0.25, -0.2) is 4.79 Å². The Morgan fingerprint density at radius 3 is 2.35 bits per heavy atom. The molecule has 6 rings (SSSR count). The molecule has 2 saturated heterocycles. The van der Waals surface area contributed by atoms with Crippen molar-refractivity contribution in [1.82, 2.24) is 10.2 Å². The third-order valence-electron chi connectivity index (χ3n) is 8.65. The lowest BCUT2D eigenvalue weighted by Gasteiger charge is -2.41. The Morgan fingerprint density at radius 1 is 0.939 bits per heavy atom. The summed E-state index contributed by atoms with van der Waals surface area (Å²) < 4.78 is 19.1. The van der Waals surface area contributed by atoms with Gasteiger partial charge in [0.05, 0.1) is 31.8 Å². The number of aliphatic hydroxyl groups excluding tert-OH is 1. The first kappa shape index (κ1) is 34.1. The first-order valence-electron chi connectivity index (χ1n) is 16.0. The number of pyridine rings is 1. The molecule has 3 heterocycles. The Morgan fingerprint density at radius 2 is 1.63 bits per heavy atom. The highest BCUT2D eigenvalue weighted by molar-refractivity contribution is 7.99. The number of carbonyl (C=O) groups excluding carboxylic acids is 3. The van der Waals surface area contributed by atoms with Crippen LogP contribution in [0.5, 0.6) is 0 Å². The van der Waals surface area contributed by atoms with Crippen LogP contribution in [0.15, 0.2) is 108 Å². The summed E-state index contributed by atoms with van der Waals surface area (Å²) in [5.74, 6) is -0.420. The van der Waals surface area contributed by atoms with Crippen molar-refractivity contribution in [2.75, 3.05) is 5.75 Å². The number of nitrogens with zero attached hydrogens (tertiary/aromatic N) is 2. The minimum atomic E-state index is -0.994. The third kappa shape index (κ3) is 8.28. The minimum Gasteiger partial charge on any atom is -0.618 e. The van der Waals surface area contributed by atoms with Crippen LogP contribution >= 0.6 is 11.8 Å². The van der Waals surface area contributed by atoms with Gasteiger partial charge in [-0.2, -0.15) is 4.73 Å². The number of thioether (sulfide) groups is 1. The summed E-state index contributed by atoms with van der Waals surface area (Å²) in [6.07, 6.45) is -0.759. The summed E-state index contributed by atoms with van der Waals surface area (Å²) in [5.41, 5.74) is 4.02. The number of amides is 3. The van der Waals surface area contributed by atoms with Gasteiger partial charge in [0.1, 0.15) is 12.6 Å². The predicted molar refractivity (Wildman–Crippen MR) is 179 cm³/mol. The van der Waals surface area contributed by atoms with Crippen LogP contribution in [0.25, 0.3) is 0 Å². The number of hydrogen-bond donors (Lipinski definition) is 2. The van der Waals surface area contributed by atoms with Crippen LogP contribution in [0, 0.1) is 11.1 Å². The molecule has 3 aromatic carbocycles. The molecule has 0 spiro atoms. The van der Waals surface area contributed by atoms with Crippen molar-refractivity contribution in [1.29, 1.82) is 0 Å². The van der Waals surface area contributed by atoms with Gasteiger partial charge in [0.25, 0.3) is 10.9 Å². The van der Waals surface area contributed by atoms with E-state index in [4.69, 9.17) is 14.2 Å². The number of rotatable bonds is 11. The summed E-state index contributed by atoms with van der Waals surface area (Å²) in [5, 5.41) is 24.9. The van der Waals surface area contributed by atoms with E-state index in [0.29, 0.717) is 16.3 Å². The molecule has 254 valence electrons. The van der Waals surface area contributed by atoms with Crippen molar-refractivity contribution < 1.29 is 38.4 Å². The molecule has 0 aliphatic carbocycles.